The molecule has 2 aromatic heterocycles. The molecule has 0 unspecified atom stereocenters. The van der Waals surface area contributed by atoms with Crippen LogP contribution in [0.1, 0.15) is 23.8 Å². The number of hydrogen-bond acceptors (Lipinski definition) is 6. The van der Waals surface area contributed by atoms with Crippen LogP contribution in [0.4, 0.5) is 5.82 Å². The SMILES string of the molecule is COc1cccc(-c2coc3c(C)c(OC)c(/C(C)=C/C(=O)Nc4cc(C)on4)cc23)c1. The van der Waals surface area contributed by atoms with Gasteiger partial charge in [-0.3, -0.25) is 4.79 Å². The number of benzene rings is 2. The Morgan fingerprint density at radius 3 is 2.62 bits per heavy atom. The lowest BCUT2D eigenvalue weighted by Crippen LogP contribution is -2.09. The van der Waals surface area contributed by atoms with Gasteiger partial charge in [0, 0.05) is 34.2 Å². The van der Waals surface area contributed by atoms with Crippen molar-refractivity contribution in [2.24, 2.45) is 0 Å². The molecular formula is C25H24N2O5. The fourth-order valence-corrected chi connectivity index (χ4v) is 3.75. The van der Waals surface area contributed by atoms with E-state index in [0.29, 0.717) is 17.3 Å². The van der Waals surface area contributed by atoms with Gasteiger partial charge in [0.1, 0.15) is 22.8 Å². The highest BCUT2D eigenvalue weighted by atomic mass is 16.5. The molecule has 7 nitrogen and oxygen atoms in total. The molecule has 7 heteroatoms. The summed E-state index contributed by atoms with van der Waals surface area (Å²) in [5, 5.41) is 7.42. The van der Waals surface area contributed by atoms with Crippen molar-refractivity contribution in [3.8, 4) is 22.6 Å². The number of aryl methyl sites for hydroxylation is 2. The number of amides is 1. The number of nitrogens with zero attached hydrogens (tertiary/aromatic N) is 1. The van der Waals surface area contributed by atoms with Gasteiger partial charge in [0.05, 0.1) is 20.5 Å². The second-order valence-electron chi connectivity index (χ2n) is 7.48. The number of methoxy groups -OCH3 is 2. The van der Waals surface area contributed by atoms with E-state index in [0.717, 1.165) is 44.5 Å². The Morgan fingerprint density at radius 1 is 1.12 bits per heavy atom. The van der Waals surface area contributed by atoms with Crippen molar-refractivity contribution in [1.82, 2.24) is 5.16 Å². The third-order valence-electron chi connectivity index (χ3n) is 5.28. The smallest absolute Gasteiger partial charge is 0.249 e. The predicted octanol–water partition coefficient (Wildman–Crippen LogP) is 5.76. The van der Waals surface area contributed by atoms with Gasteiger partial charge in [-0.05, 0) is 50.1 Å². The summed E-state index contributed by atoms with van der Waals surface area (Å²) < 4.78 is 21.9. The standard InChI is InChI=1S/C25H24N2O5/c1-14(9-23(28)26-22-10-15(2)32-27-22)19-12-20-21(17-7-6-8-18(11-17)29-4)13-31-25(20)16(3)24(19)30-5/h6-13H,1-5H3,(H,26,27,28)/b14-9+. The number of carbonyl (C=O) groups is 1. The Hall–Kier alpha value is -4.00. The molecule has 0 aliphatic carbocycles. The first kappa shape index (κ1) is 21.2. The highest BCUT2D eigenvalue weighted by Gasteiger charge is 2.19. The molecular weight excluding hydrogens is 408 g/mol. The van der Waals surface area contributed by atoms with E-state index in [1.807, 2.05) is 44.2 Å². The average molecular weight is 432 g/mol. The number of aromatic nitrogens is 1. The van der Waals surface area contributed by atoms with E-state index in [1.165, 1.54) is 6.08 Å². The summed E-state index contributed by atoms with van der Waals surface area (Å²) in [6.45, 7) is 5.56. The minimum absolute atomic E-state index is 0.309. The topological polar surface area (TPSA) is 86.7 Å². The van der Waals surface area contributed by atoms with E-state index >= 15 is 0 Å². The minimum atomic E-state index is -0.309. The second kappa shape index (κ2) is 8.63. The Bertz CT molecular complexity index is 1330. The molecule has 0 radical (unpaired) electrons. The van der Waals surface area contributed by atoms with Crippen molar-refractivity contribution in [1.29, 1.82) is 0 Å². The van der Waals surface area contributed by atoms with Gasteiger partial charge in [0.15, 0.2) is 5.82 Å². The first-order valence-corrected chi connectivity index (χ1v) is 10.1. The van der Waals surface area contributed by atoms with Gasteiger partial charge in [-0.1, -0.05) is 17.3 Å². The van der Waals surface area contributed by atoms with Crippen molar-refractivity contribution in [2.75, 3.05) is 19.5 Å². The number of rotatable bonds is 6. The summed E-state index contributed by atoms with van der Waals surface area (Å²) in [4.78, 5) is 12.5. The molecule has 0 spiro atoms. The molecule has 0 fully saturated rings. The molecule has 2 heterocycles. The maximum atomic E-state index is 12.5. The number of anilines is 1. The Balaban J connectivity index is 1.78. The molecule has 1 amide bonds. The monoisotopic (exact) mass is 432 g/mol. The molecule has 2 aromatic carbocycles. The van der Waals surface area contributed by atoms with Gasteiger partial charge >= 0.3 is 0 Å². The molecule has 0 saturated heterocycles. The fourth-order valence-electron chi connectivity index (χ4n) is 3.75. The zero-order valence-electron chi connectivity index (χ0n) is 18.6. The number of carbonyl (C=O) groups excluding carboxylic acids is 1. The van der Waals surface area contributed by atoms with Crippen LogP contribution in [0.15, 0.2) is 57.7 Å². The summed E-state index contributed by atoms with van der Waals surface area (Å²) >= 11 is 0. The van der Waals surface area contributed by atoms with E-state index in [-0.39, 0.29) is 5.91 Å². The predicted molar refractivity (Wildman–Crippen MR) is 123 cm³/mol. The second-order valence-corrected chi connectivity index (χ2v) is 7.48. The van der Waals surface area contributed by atoms with Crippen molar-refractivity contribution in [3.05, 3.63) is 65.6 Å². The van der Waals surface area contributed by atoms with Gasteiger partial charge in [-0.15, -0.1) is 0 Å². The maximum Gasteiger partial charge on any atom is 0.249 e. The largest absolute Gasteiger partial charge is 0.497 e. The summed E-state index contributed by atoms with van der Waals surface area (Å²) in [7, 11) is 3.24. The Kier molecular flexibility index (Phi) is 5.73. The van der Waals surface area contributed by atoms with E-state index < -0.39 is 0 Å². The molecule has 0 bridgehead atoms. The fraction of sp³-hybridized carbons (Fsp3) is 0.200. The molecule has 0 aliphatic rings. The average Bonchev–Trinajstić information content (AvgIpc) is 3.39. The third kappa shape index (κ3) is 3.97. The summed E-state index contributed by atoms with van der Waals surface area (Å²) in [6.07, 6.45) is 3.24. The van der Waals surface area contributed by atoms with Gasteiger partial charge in [0.2, 0.25) is 5.91 Å². The Morgan fingerprint density at radius 2 is 1.94 bits per heavy atom. The Labute approximate surface area is 185 Å². The zero-order chi connectivity index (χ0) is 22.8. The van der Waals surface area contributed by atoms with Gasteiger partial charge in [0.25, 0.3) is 0 Å². The zero-order valence-corrected chi connectivity index (χ0v) is 18.6. The lowest BCUT2D eigenvalue weighted by Gasteiger charge is -2.13. The van der Waals surface area contributed by atoms with Crippen molar-refractivity contribution in [3.63, 3.8) is 0 Å². The van der Waals surface area contributed by atoms with Crippen LogP contribution in [0.5, 0.6) is 11.5 Å². The summed E-state index contributed by atoms with van der Waals surface area (Å²) in [6, 6.07) is 11.4. The molecule has 4 rings (SSSR count). The summed E-state index contributed by atoms with van der Waals surface area (Å²) in [5.74, 6) is 2.09. The van der Waals surface area contributed by atoms with E-state index in [2.05, 4.69) is 10.5 Å². The molecule has 32 heavy (non-hydrogen) atoms. The molecule has 164 valence electrons. The van der Waals surface area contributed by atoms with Gasteiger partial charge in [-0.2, -0.15) is 0 Å². The van der Waals surface area contributed by atoms with Crippen LogP contribution in [0, 0.1) is 13.8 Å². The molecule has 4 aromatic rings. The number of nitrogens with one attached hydrogen (secondary N) is 1. The van der Waals surface area contributed by atoms with E-state index in [4.69, 9.17) is 18.4 Å². The van der Waals surface area contributed by atoms with Crippen LogP contribution < -0.4 is 14.8 Å². The lowest BCUT2D eigenvalue weighted by atomic mass is 9.96. The highest BCUT2D eigenvalue weighted by Crippen LogP contribution is 2.41. The highest BCUT2D eigenvalue weighted by molar-refractivity contribution is 6.05. The normalized spacial score (nSPS) is 11.6. The van der Waals surface area contributed by atoms with Crippen LogP contribution in [0.25, 0.3) is 27.7 Å². The molecule has 0 atom stereocenters. The van der Waals surface area contributed by atoms with Crippen LogP contribution in [0.2, 0.25) is 0 Å². The number of furan rings is 1. The first-order valence-electron chi connectivity index (χ1n) is 10.1. The summed E-state index contributed by atoms with van der Waals surface area (Å²) in [5.41, 5.74) is 5.03. The number of fused-ring (bicyclic) bond motifs is 1. The number of ether oxygens (including phenoxy) is 2. The number of allylic oxidation sites excluding steroid dienone is 1. The number of hydrogen-bond donors (Lipinski definition) is 1. The quantitative estimate of drug-likeness (QED) is 0.390. The first-order chi connectivity index (χ1) is 15.4. The van der Waals surface area contributed by atoms with Crippen molar-refractivity contribution >= 4 is 28.3 Å². The van der Waals surface area contributed by atoms with E-state index in [9.17, 15) is 4.79 Å². The van der Waals surface area contributed by atoms with Crippen LogP contribution in [-0.2, 0) is 4.79 Å². The third-order valence-corrected chi connectivity index (χ3v) is 5.28. The maximum absolute atomic E-state index is 12.5. The molecule has 0 aliphatic heterocycles. The molecule has 0 saturated carbocycles. The van der Waals surface area contributed by atoms with Gasteiger partial charge < -0.3 is 23.7 Å². The van der Waals surface area contributed by atoms with Gasteiger partial charge in [-0.25, -0.2) is 0 Å². The van der Waals surface area contributed by atoms with Crippen LogP contribution in [0.3, 0.4) is 0 Å². The molecule has 1 N–H and O–H groups in total. The van der Waals surface area contributed by atoms with Crippen molar-refractivity contribution < 1.29 is 23.2 Å². The van der Waals surface area contributed by atoms with Crippen LogP contribution >= 0.6 is 0 Å². The minimum Gasteiger partial charge on any atom is -0.497 e. The van der Waals surface area contributed by atoms with Crippen LogP contribution in [-0.4, -0.2) is 25.3 Å². The lowest BCUT2D eigenvalue weighted by molar-refractivity contribution is -0.111. The van der Waals surface area contributed by atoms with E-state index in [1.54, 1.807) is 33.5 Å². The van der Waals surface area contributed by atoms with Crippen molar-refractivity contribution in [2.45, 2.75) is 20.8 Å².